The van der Waals surface area contributed by atoms with Crippen LogP contribution in [0.1, 0.15) is 25.6 Å². The SMILES string of the molecule is Cc1cc(NC(=O)c2cccc(F)c2)sc1C(=O)Nc1cnn(C)c1. The van der Waals surface area contributed by atoms with Crippen molar-refractivity contribution in [3.8, 4) is 0 Å². The summed E-state index contributed by atoms with van der Waals surface area (Å²) in [6.07, 6.45) is 3.24. The maximum absolute atomic E-state index is 13.2. The molecule has 0 saturated carbocycles. The molecule has 2 N–H and O–H groups in total. The number of carbonyl (C=O) groups is 2. The fourth-order valence-electron chi connectivity index (χ4n) is 2.26. The zero-order valence-corrected chi connectivity index (χ0v) is 14.4. The van der Waals surface area contributed by atoms with Gasteiger partial charge in [0.05, 0.1) is 21.8 Å². The molecule has 1 aromatic carbocycles. The Hall–Kier alpha value is -3.00. The van der Waals surface area contributed by atoms with Gasteiger partial charge in [-0.15, -0.1) is 11.3 Å². The molecule has 0 aliphatic carbocycles. The van der Waals surface area contributed by atoms with E-state index in [4.69, 9.17) is 0 Å². The van der Waals surface area contributed by atoms with Crippen molar-refractivity contribution in [2.45, 2.75) is 6.92 Å². The van der Waals surface area contributed by atoms with E-state index in [-0.39, 0.29) is 11.5 Å². The predicted molar refractivity (Wildman–Crippen MR) is 94.6 cm³/mol. The molecule has 0 aliphatic rings. The Labute approximate surface area is 147 Å². The summed E-state index contributed by atoms with van der Waals surface area (Å²) in [5.41, 5.74) is 1.54. The molecule has 0 bridgehead atoms. The molecule has 0 fully saturated rings. The molecule has 2 heterocycles. The molecular formula is C17H15FN4O2S. The standard InChI is InChI=1S/C17H15FN4O2S/c1-10-6-14(21-16(23)11-4-3-5-12(18)7-11)25-15(10)17(24)20-13-8-19-22(2)9-13/h3-9H,1-2H3,(H,20,24)(H,21,23). The Bertz CT molecular complexity index is 948. The number of halogens is 1. The molecular weight excluding hydrogens is 343 g/mol. The van der Waals surface area contributed by atoms with Gasteiger partial charge in [-0.25, -0.2) is 4.39 Å². The van der Waals surface area contributed by atoms with Crippen LogP contribution in [-0.4, -0.2) is 21.6 Å². The Morgan fingerprint density at radius 2 is 2.00 bits per heavy atom. The number of benzene rings is 1. The highest BCUT2D eigenvalue weighted by Gasteiger charge is 2.16. The molecule has 0 spiro atoms. The second-order valence-electron chi connectivity index (χ2n) is 5.44. The van der Waals surface area contributed by atoms with Gasteiger partial charge in [-0.1, -0.05) is 6.07 Å². The third-order valence-corrected chi connectivity index (χ3v) is 4.56. The number of aromatic nitrogens is 2. The largest absolute Gasteiger partial charge is 0.319 e. The lowest BCUT2D eigenvalue weighted by atomic mass is 10.2. The van der Waals surface area contributed by atoms with Crippen LogP contribution in [0.5, 0.6) is 0 Å². The summed E-state index contributed by atoms with van der Waals surface area (Å²) < 4.78 is 14.8. The summed E-state index contributed by atoms with van der Waals surface area (Å²) in [6.45, 7) is 1.78. The quantitative estimate of drug-likeness (QED) is 0.750. The van der Waals surface area contributed by atoms with Gasteiger partial charge in [-0.3, -0.25) is 14.3 Å². The van der Waals surface area contributed by atoms with E-state index in [2.05, 4.69) is 15.7 Å². The number of rotatable bonds is 4. The summed E-state index contributed by atoms with van der Waals surface area (Å²) in [5, 5.41) is 9.94. The second-order valence-corrected chi connectivity index (χ2v) is 6.50. The number of nitrogens with one attached hydrogen (secondary N) is 2. The van der Waals surface area contributed by atoms with Crippen molar-refractivity contribution in [3.05, 3.63) is 64.5 Å². The lowest BCUT2D eigenvalue weighted by Crippen LogP contribution is -2.11. The number of hydrogen-bond donors (Lipinski definition) is 2. The highest BCUT2D eigenvalue weighted by Crippen LogP contribution is 2.28. The van der Waals surface area contributed by atoms with Crippen molar-refractivity contribution < 1.29 is 14.0 Å². The van der Waals surface area contributed by atoms with Crippen molar-refractivity contribution in [1.82, 2.24) is 9.78 Å². The van der Waals surface area contributed by atoms with Gasteiger partial charge in [-0.2, -0.15) is 5.10 Å². The minimum Gasteiger partial charge on any atom is -0.319 e. The van der Waals surface area contributed by atoms with E-state index in [0.717, 1.165) is 23.0 Å². The van der Waals surface area contributed by atoms with Crippen LogP contribution in [0.3, 0.4) is 0 Å². The fourth-order valence-corrected chi connectivity index (χ4v) is 3.22. The number of carbonyl (C=O) groups excluding carboxylic acids is 2. The number of hydrogen-bond acceptors (Lipinski definition) is 4. The van der Waals surface area contributed by atoms with E-state index in [9.17, 15) is 14.0 Å². The smallest absolute Gasteiger partial charge is 0.266 e. The molecule has 8 heteroatoms. The molecule has 128 valence electrons. The molecule has 3 rings (SSSR count). The fraction of sp³-hybridized carbons (Fsp3) is 0.118. The van der Waals surface area contributed by atoms with Gasteiger partial charge < -0.3 is 10.6 Å². The average Bonchev–Trinajstić information content (AvgIpc) is 3.13. The van der Waals surface area contributed by atoms with Gasteiger partial charge in [-0.05, 0) is 36.8 Å². The molecule has 2 amide bonds. The van der Waals surface area contributed by atoms with Crippen molar-refractivity contribution >= 4 is 33.8 Å². The van der Waals surface area contributed by atoms with Gasteiger partial charge in [0.25, 0.3) is 11.8 Å². The van der Waals surface area contributed by atoms with E-state index >= 15 is 0 Å². The van der Waals surface area contributed by atoms with E-state index in [1.165, 1.54) is 18.2 Å². The molecule has 6 nitrogen and oxygen atoms in total. The molecule has 0 saturated heterocycles. The summed E-state index contributed by atoms with van der Waals surface area (Å²) in [4.78, 5) is 25.0. The third-order valence-electron chi connectivity index (χ3n) is 3.41. The first-order valence-corrected chi connectivity index (χ1v) is 8.21. The molecule has 25 heavy (non-hydrogen) atoms. The highest BCUT2D eigenvalue weighted by molar-refractivity contribution is 7.18. The summed E-state index contributed by atoms with van der Waals surface area (Å²) in [5.74, 6) is -1.19. The Morgan fingerprint density at radius 3 is 2.68 bits per heavy atom. The van der Waals surface area contributed by atoms with Crippen molar-refractivity contribution in [2.75, 3.05) is 10.6 Å². The van der Waals surface area contributed by atoms with Crippen LogP contribution in [0.15, 0.2) is 42.7 Å². The third kappa shape index (κ3) is 3.92. The van der Waals surface area contributed by atoms with Gasteiger partial charge in [0, 0.05) is 18.8 Å². The maximum Gasteiger partial charge on any atom is 0.266 e. The monoisotopic (exact) mass is 358 g/mol. The normalized spacial score (nSPS) is 10.5. The van der Waals surface area contributed by atoms with E-state index in [0.29, 0.717) is 15.6 Å². The zero-order chi connectivity index (χ0) is 18.0. The number of anilines is 2. The van der Waals surface area contributed by atoms with Crippen LogP contribution in [-0.2, 0) is 7.05 Å². The number of nitrogens with zero attached hydrogens (tertiary/aromatic N) is 2. The van der Waals surface area contributed by atoms with Crippen LogP contribution in [0, 0.1) is 12.7 Å². The van der Waals surface area contributed by atoms with Gasteiger partial charge in [0.2, 0.25) is 0 Å². The Kier molecular flexibility index (Phi) is 4.62. The zero-order valence-electron chi connectivity index (χ0n) is 13.5. The van der Waals surface area contributed by atoms with E-state index in [1.807, 2.05) is 0 Å². The molecule has 2 aromatic heterocycles. The highest BCUT2D eigenvalue weighted by atomic mass is 32.1. The maximum atomic E-state index is 13.2. The lowest BCUT2D eigenvalue weighted by Gasteiger charge is -2.02. The van der Waals surface area contributed by atoms with Gasteiger partial charge >= 0.3 is 0 Å². The first-order valence-electron chi connectivity index (χ1n) is 7.40. The predicted octanol–water partition coefficient (Wildman–Crippen LogP) is 3.43. The Balaban J connectivity index is 1.73. The summed E-state index contributed by atoms with van der Waals surface area (Å²) in [7, 11) is 1.76. The number of thiophene rings is 1. The first-order chi connectivity index (χ1) is 11.9. The molecule has 0 unspecified atom stereocenters. The minimum atomic E-state index is -0.480. The van der Waals surface area contributed by atoms with Crippen molar-refractivity contribution in [3.63, 3.8) is 0 Å². The van der Waals surface area contributed by atoms with Gasteiger partial charge in [0.1, 0.15) is 5.82 Å². The lowest BCUT2D eigenvalue weighted by molar-refractivity contribution is 0.101. The summed E-state index contributed by atoms with van der Waals surface area (Å²) >= 11 is 1.16. The molecule has 0 atom stereocenters. The molecule has 0 aliphatic heterocycles. The molecule has 3 aromatic rings. The van der Waals surface area contributed by atoms with Crippen molar-refractivity contribution in [1.29, 1.82) is 0 Å². The van der Waals surface area contributed by atoms with Crippen molar-refractivity contribution in [2.24, 2.45) is 7.05 Å². The number of amides is 2. The topological polar surface area (TPSA) is 76.0 Å². The van der Waals surface area contributed by atoms with Crippen LogP contribution in [0.2, 0.25) is 0 Å². The van der Waals surface area contributed by atoms with Crippen LogP contribution < -0.4 is 10.6 Å². The van der Waals surface area contributed by atoms with Crippen LogP contribution in [0.25, 0.3) is 0 Å². The minimum absolute atomic E-state index is 0.215. The number of aryl methyl sites for hydroxylation is 2. The average molecular weight is 358 g/mol. The van der Waals surface area contributed by atoms with E-state index in [1.54, 1.807) is 37.1 Å². The second kappa shape index (κ2) is 6.86. The first kappa shape index (κ1) is 16.8. The van der Waals surface area contributed by atoms with Gasteiger partial charge in [0.15, 0.2) is 0 Å². The summed E-state index contributed by atoms with van der Waals surface area (Å²) in [6, 6.07) is 7.13. The Morgan fingerprint density at radius 1 is 1.20 bits per heavy atom. The van der Waals surface area contributed by atoms with Crippen LogP contribution in [0.4, 0.5) is 15.1 Å². The van der Waals surface area contributed by atoms with Crippen LogP contribution >= 0.6 is 11.3 Å². The molecule has 0 radical (unpaired) electrons. The van der Waals surface area contributed by atoms with E-state index < -0.39 is 11.7 Å².